The van der Waals surface area contributed by atoms with Gasteiger partial charge in [-0.25, -0.2) is 9.48 Å². The summed E-state index contributed by atoms with van der Waals surface area (Å²) in [6.07, 6.45) is 1.37. The Balaban J connectivity index is 1.78. The maximum absolute atomic E-state index is 10.7. The molecule has 7 heteroatoms. The molecule has 0 unspecified atom stereocenters. The maximum Gasteiger partial charge on any atom is 0.358 e. The highest BCUT2D eigenvalue weighted by Gasteiger charge is 2.10. The largest absolute Gasteiger partial charge is 0.476 e. The van der Waals surface area contributed by atoms with Crippen LogP contribution in [0.5, 0.6) is 0 Å². The van der Waals surface area contributed by atoms with Crippen molar-refractivity contribution in [1.29, 1.82) is 0 Å². The summed E-state index contributed by atoms with van der Waals surface area (Å²) in [5, 5.41) is 16.1. The number of aromatic carboxylic acids is 1. The monoisotopic (exact) mass is 347 g/mol. The van der Waals surface area contributed by atoms with Crippen LogP contribution in [0.2, 0.25) is 0 Å². The minimum atomic E-state index is -1.10. The van der Waals surface area contributed by atoms with Crippen LogP contribution in [0.4, 0.5) is 0 Å². The predicted octanol–water partition coefficient (Wildman–Crippen LogP) is 3.05. The van der Waals surface area contributed by atoms with E-state index in [0.29, 0.717) is 12.3 Å². The molecule has 2 aromatic heterocycles. The van der Waals surface area contributed by atoms with Gasteiger partial charge in [0.15, 0.2) is 5.69 Å². The van der Waals surface area contributed by atoms with E-state index in [1.807, 2.05) is 36.4 Å². The zero-order valence-electron chi connectivity index (χ0n) is 10.7. The molecule has 0 atom stereocenters. The van der Waals surface area contributed by atoms with Gasteiger partial charge in [0.1, 0.15) is 18.1 Å². The van der Waals surface area contributed by atoms with Gasteiger partial charge in [0.25, 0.3) is 0 Å². The van der Waals surface area contributed by atoms with Crippen molar-refractivity contribution in [2.45, 2.75) is 6.54 Å². The van der Waals surface area contributed by atoms with Crippen LogP contribution in [0.1, 0.15) is 16.2 Å². The van der Waals surface area contributed by atoms with Crippen LogP contribution < -0.4 is 0 Å². The highest BCUT2D eigenvalue weighted by Crippen LogP contribution is 2.24. The first kappa shape index (κ1) is 13.6. The number of furan rings is 1. The molecule has 0 amide bonds. The number of aromatic nitrogens is 3. The number of nitrogens with zero attached hydrogens (tertiary/aromatic N) is 3. The van der Waals surface area contributed by atoms with Gasteiger partial charge in [0.2, 0.25) is 0 Å². The second kappa shape index (κ2) is 5.53. The van der Waals surface area contributed by atoms with Crippen molar-refractivity contribution in [3.8, 4) is 11.3 Å². The third-order valence-electron chi connectivity index (χ3n) is 2.87. The highest BCUT2D eigenvalue weighted by molar-refractivity contribution is 9.10. The Hall–Kier alpha value is -2.41. The lowest BCUT2D eigenvalue weighted by Gasteiger charge is -1.98. The predicted molar refractivity (Wildman–Crippen MR) is 77.9 cm³/mol. The zero-order chi connectivity index (χ0) is 14.8. The van der Waals surface area contributed by atoms with E-state index in [2.05, 4.69) is 26.2 Å². The van der Waals surface area contributed by atoms with Gasteiger partial charge in [-0.1, -0.05) is 33.3 Å². The summed E-state index contributed by atoms with van der Waals surface area (Å²) < 4.78 is 8.16. The second-order valence-corrected chi connectivity index (χ2v) is 5.30. The number of carboxylic acids is 1. The first-order chi connectivity index (χ1) is 10.1. The fourth-order valence-corrected chi connectivity index (χ4v) is 2.13. The Morgan fingerprint density at radius 2 is 2.00 bits per heavy atom. The number of halogens is 1. The van der Waals surface area contributed by atoms with Crippen LogP contribution in [0, 0.1) is 0 Å². The molecule has 0 saturated carbocycles. The molecular weight excluding hydrogens is 338 g/mol. The number of carbonyl (C=O) groups is 1. The lowest BCUT2D eigenvalue weighted by atomic mass is 10.2. The molecule has 6 nitrogen and oxygen atoms in total. The van der Waals surface area contributed by atoms with Gasteiger partial charge >= 0.3 is 5.97 Å². The van der Waals surface area contributed by atoms with Crippen molar-refractivity contribution in [1.82, 2.24) is 15.0 Å². The third-order valence-corrected chi connectivity index (χ3v) is 3.39. The van der Waals surface area contributed by atoms with E-state index in [1.54, 1.807) is 0 Å². The molecule has 0 spiro atoms. The summed E-state index contributed by atoms with van der Waals surface area (Å²) in [7, 11) is 0. The van der Waals surface area contributed by atoms with Crippen LogP contribution in [0.15, 0.2) is 51.5 Å². The first-order valence-corrected chi connectivity index (χ1v) is 6.89. The average molecular weight is 348 g/mol. The Morgan fingerprint density at radius 1 is 1.24 bits per heavy atom. The highest BCUT2D eigenvalue weighted by atomic mass is 79.9. The Kier molecular flexibility index (Phi) is 3.57. The minimum absolute atomic E-state index is 0.0883. The summed E-state index contributed by atoms with van der Waals surface area (Å²) in [5.41, 5.74) is 0.879. The van der Waals surface area contributed by atoms with Crippen molar-refractivity contribution >= 4 is 21.9 Å². The lowest BCUT2D eigenvalue weighted by molar-refractivity contribution is 0.0690. The smallest absolute Gasteiger partial charge is 0.358 e. The normalized spacial score (nSPS) is 10.7. The van der Waals surface area contributed by atoms with Gasteiger partial charge in [-0.15, -0.1) is 5.10 Å². The van der Waals surface area contributed by atoms with Gasteiger partial charge in [0, 0.05) is 10.0 Å². The van der Waals surface area contributed by atoms with Gasteiger partial charge < -0.3 is 9.52 Å². The van der Waals surface area contributed by atoms with E-state index in [4.69, 9.17) is 9.52 Å². The Bertz CT molecular complexity index is 777. The molecule has 3 aromatic rings. The first-order valence-electron chi connectivity index (χ1n) is 6.10. The van der Waals surface area contributed by atoms with Crippen molar-refractivity contribution < 1.29 is 14.3 Å². The van der Waals surface area contributed by atoms with E-state index in [9.17, 15) is 4.79 Å². The molecule has 3 rings (SSSR count). The quantitative estimate of drug-likeness (QED) is 0.784. The van der Waals surface area contributed by atoms with E-state index in [0.717, 1.165) is 15.8 Å². The standard InChI is InChI=1S/C14H10BrN3O3/c15-10-3-1-9(2-4-10)13-6-5-11(21-13)7-18-8-12(14(19)20)16-17-18/h1-6,8H,7H2,(H,19,20). The second-order valence-electron chi connectivity index (χ2n) is 4.38. The zero-order valence-corrected chi connectivity index (χ0v) is 12.3. The van der Waals surface area contributed by atoms with E-state index >= 15 is 0 Å². The van der Waals surface area contributed by atoms with Crippen LogP contribution in [0.25, 0.3) is 11.3 Å². The number of rotatable bonds is 4. The van der Waals surface area contributed by atoms with Crippen LogP contribution in [-0.4, -0.2) is 26.1 Å². The van der Waals surface area contributed by atoms with Crippen molar-refractivity contribution in [2.24, 2.45) is 0 Å². The molecule has 1 aromatic carbocycles. The van der Waals surface area contributed by atoms with Crippen molar-refractivity contribution in [3.05, 3.63) is 58.5 Å². The Labute approximate surface area is 128 Å². The molecule has 106 valence electrons. The minimum Gasteiger partial charge on any atom is -0.476 e. The fourth-order valence-electron chi connectivity index (χ4n) is 1.87. The van der Waals surface area contributed by atoms with Gasteiger partial charge in [-0.2, -0.15) is 0 Å². The molecular formula is C14H10BrN3O3. The third kappa shape index (κ3) is 3.03. The number of carboxylic acid groups (broad SMARTS) is 1. The van der Waals surface area contributed by atoms with Crippen LogP contribution >= 0.6 is 15.9 Å². The topological polar surface area (TPSA) is 81.1 Å². The van der Waals surface area contributed by atoms with E-state index in [-0.39, 0.29) is 5.69 Å². The Morgan fingerprint density at radius 3 is 2.67 bits per heavy atom. The van der Waals surface area contributed by atoms with Gasteiger partial charge in [0.05, 0.1) is 6.20 Å². The fraction of sp³-hybridized carbons (Fsp3) is 0.0714. The van der Waals surface area contributed by atoms with Gasteiger partial charge in [-0.3, -0.25) is 0 Å². The maximum atomic E-state index is 10.7. The summed E-state index contributed by atoms with van der Waals surface area (Å²) in [6.45, 7) is 0.330. The summed E-state index contributed by atoms with van der Waals surface area (Å²) in [4.78, 5) is 10.7. The van der Waals surface area contributed by atoms with Crippen molar-refractivity contribution in [3.63, 3.8) is 0 Å². The molecule has 0 saturated heterocycles. The number of hydrogen-bond donors (Lipinski definition) is 1. The van der Waals surface area contributed by atoms with Crippen LogP contribution in [-0.2, 0) is 6.54 Å². The molecule has 0 aliphatic rings. The summed E-state index contributed by atoms with van der Waals surface area (Å²) in [5.74, 6) is 0.321. The summed E-state index contributed by atoms with van der Waals surface area (Å²) >= 11 is 3.38. The van der Waals surface area contributed by atoms with Gasteiger partial charge in [-0.05, 0) is 24.3 Å². The van der Waals surface area contributed by atoms with E-state index < -0.39 is 5.97 Å². The molecule has 21 heavy (non-hydrogen) atoms. The van der Waals surface area contributed by atoms with Crippen molar-refractivity contribution in [2.75, 3.05) is 0 Å². The van der Waals surface area contributed by atoms with E-state index in [1.165, 1.54) is 10.9 Å². The SMILES string of the molecule is O=C(O)c1cn(Cc2ccc(-c3ccc(Br)cc3)o2)nn1. The number of hydrogen-bond acceptors (Lipinski definition) is 4. The molecule has 0 aliphatic carbocycles. The van der Waals surface area contributed by atoms with Crippen LogP contribution in [0.3, 0.4) is 0 Å². The molecule has 0 aliphatic heterocycles. The molecule has 1 N–H and O–H groups in total. The molecule has 0 bridgehead atoms. The molecule has 2 heterocycles. The summed E-state index contributed by atoms with van der Waals surface area (Å²) in [6, 6.07) is 11.5. The molecule has 0 radical (unpaired) electrons. The molecule has 0 fully saturated rings. The lowest BCUT2D eigenvalue weighted by Crippen LogP contribution is -1.99. The number of benzene rings is 1. The average Bonchev–Trinajstić information content (AvgIpc) is 3.10.